The van der Waals surface area contributed by atoms with Crippen molar-refractivity contribution in [3.05, 3.63) is 30.1 Å². The third kappa shape index (κ3) is 3.75. The number of likely N-dealkylation sites (tertiary alicyclic amines) is 2. The van der Waals surface area contributed by atoms with Gasteiger partial charge in [0, 0.05) is 50.8 Å². The van der Waals surface area contributed by atoms with Crippen LogP contribution in [0, 0.1) is 11.3 Å². The summed E-state index contributed by atoms with van der Waals surface area (Å²) in [4.78, 5) is 20.9. The second-order valence-corrected chi connectivity index (χ2v) is 8.42. The van der Waals surface area contributed by atoms with Gasteiger partial charge in [0.05, 0.1) is 0 Å². The van der Waals surface area contributed by atoms with Crippen LogP contribution in [0.5, 0.6) is 0 Å². The zero-order valence-corrected chi connectivity index (χ0v) is 15.2. The van der Waals surface area contributed by atoms with Crippen LogP contribution in [0.15, 0.2) is 24.5 Å². The van der Waals surface area contributed by atoms with E-state index >= 15 is 0 Å². The fourth-order valence-electron chi connectivity index (χ4n) is 4.73. The number of nitrogens with zero attached hydrogens (tertiary/aromatic N) is 3. The summed E-state index contributed by atoms with van der Waals surface area (Å²) in [6.07, 6.45) is 7.58. The van der Waals surface area contributed by atoms with Crippen molar-refractivity contribution in [2.45, 2.75) is 51.0 Å². The summed E-state index contributed by atoms with van der Waals surface area (Å²) in [7, 11) is 0. The Kier molecular flexibility index (Phi) is 4.71. The standard InChI is InChI=1S/C20H27F2N3O/c21-20(22)12-17(13-20)18(26)25-10-5-19(6-11-25)3-8-24(9-4-19)15-16-2-1-7-23-14-16/h1-2,7,14,17H,3-6,8-13,15H2. The van der Waals surface area contributed by atoms with Crippen molar-refractivity contribution in [3.63, 3.8) is 0 Å². The summed E-state index contributed by atoms with van der Waals surface area (Å²) in [6, 6.07) is 4.09. The molecule has 4 rings (SSSR count). The first kappa shape index (κ1) is 17.8. The lowest BCUT2D eigenvalue weighted by atomic mass is 9.70. The summed E-state index contributed by atoms with van der Waals surface area (Å²) in [6.45, 7) is 4.59. The highest BCUT2D eigenvalue weighted by molar-refractivity contribution is 5.80. The third-order valence-electron chi connectivity index (χ3n) is 6.62. The van der Waals surface area contributed by atoms with Gasteiger partial charge in [-0.05, 0) is 55.8 Å². The van der Waals surface area contributed by atoms with E-state index < -0.39 is 11.8 Å². The molecule has 1 aromatic heterocycles. The molecule has 142 valence electrons. The Balaban J connectivity index is 1.24. The van der Waals surface area contributed by atoms with Crippen molar-refractivity contribution in [1.82, 2.24) is 14.8 Å². The molecule has 3 aliphatic rings. The molecular formula is C20H27F2N3O. The smallest absolute Gasteiger partial charge is 0.249 e. The van der Waals surface area contributed by atoms with Gasteiger partial charge in [0.2, 0.25) is 11.8 Å². The highest BCUT2D eigenvalue weighted by Crippen LogP contribution is 2.45. The summed E-state index contributed by atoms with van der Waals surface area (Å²) in [5.41, 5.74) is 1.59. The van der Waals surface area contributed by atoms with Crippen LogP contribution >= 0.6 is 0 Å². The van der Waals surface area contributed by atoms with E-state index in [1.165, 1.54) is 5.56 Å². The minimum atomic E-state index is -2.61. The molecule has 6 heteroatoms. The van der Waals surface area contributed by atoms with Gasteiger partial charge in [-0.25, -0.2) is 8.78 Å². The van der Waals surface area contributed by atoms with Gasteiger partial charge in [0.1, 0.15) is 0 Å². The van der Waals surface area contributed by atoms with E-state index in [2.05, 4.69) is 16.0 Å². The molecular weight excluding hydrogens is 336 g/mol. The Morgan fingerprint density at radius 3 is 2.35 bits per heavy atom. The monoisotopic (exact) mass is 363 g/mol. The van der Waals surface area contributed by atoms with Gasteiger partial charge in [-0.15, -0.1) is 0 Å². The number of hydrogen-bond donors (Lipinski definition) is 0. The molecule has 0 atom stereocenters. The number of aromatic nitrogens is 1. The molecule has 1 spiro atoms. The van der Waals surface area contributed by atoms with E-state index in [-0.39, 0.29) is 18.7 Å². The van der Waals surface area contributed by atoms with Gasteiger partial charge < -0.3 is 4.90 Å². The van der Waals surface area contributed by atoms with E-state index in [0.29, 0.717) is 5.41 Å². The van der Waals surface area contributed by atoms with Crippen LogP contribution in [0.2, 0.25) is 0 Å². The molecule has 2 saturated heterocycles. The van der Waals surface area contributed by atoms with Crippen molar-refractivity contribution in [1.29, 1.82) is 0 Å². The van der Waals surface area contributed by atoms with Crippen molar-refractivity contribution in [3.8, 4) is 0 Å². The quantitative estimate of drug-likeness (QED) is 0.827. The predicted molar refractivity (Wildman–Crippen MR) is 94.7 cm³/mol. The number of amides is 1. The van der Waals surface area contributed by atoms with Crippen LogP contribution in [-0.4, -0.2) is 52.8 Å². The van der Waals surface area contributed by atoms with Gasteiger partial charge in [-0.1, -0.05) is 6.07 Å². The molecule has 0 bridgehead atoms. The summed E-state index contributed by atoms with van der Waals surface area (Å²) in [5.74, 6) is -3.10. The first-order valence-electron chi connectivity index (χ1n) is 9.73. The van der Waals surface area contributed by atoms with Crippen LogP contribution in [0.25, 0.3) is 0 Å². The molecule has 0 unspecified atom stereocenters. The largest absolute Gasteiger partial charge is 0.342 e. The minimum Gasteiger partial charge on any atom is -0.342 e. The van der Waals surface area contributed by atoms with Crippen molar-refractivity contribution >= 4 is 5.91 Å². The van der Waals surface area contributed by atoms with Crippen molar-refractivity contribution in [2.24, 2.45) is 11.3 Å². The third-order valence-corrected chi connectivity index (χ3v) is 6.62. The van der Waals surface area contributed by atoms with Crippen LogP contribution in [0.1, 0.15) is 44.1 Å². The molecule has 0 aromatic carbocycles. The van der Waals surface area contributed by atoms with E-state index in [4.69, 9.17) is 0 Å². The van der Waals surface area contributed by atoms with Crippen LogP contribution in [-0.2, 0) is 11.3 Å². The van der Waals surface area contributed by atoms with Gasteiger partial charge in [0.15, 0.2) is 0 Å². The zero-order valence-electron chi connectivity index (χ0n) is 15.2. The molecule has 3 heterocycles. The molecule has 0 radical (unpaired) electrons. The van der Waals surface area contributed by atoms with Crippen molar-refractivity contribution < 1.29 is 13.6 Å². The highest BCUT2D eigenvalue weighted by atomic mass is 19.3. The number of rotatable bonds is 3. The Hall–Kier alpha value is -1.56. The molecule has 3 fully saturated rings. The Morgan fingerprint density at radius 1 is 1.12 bits per heavy atom. The highest BCUT2D eigenvalue weighted by Gasteiger charge is 2.50. The Labute approximate surface area is 153 Å². The number of piperidine rings is 2. The van der Waals surface area contributed by atoms with E-state index in [0.717, 1.165) is 58.4 Å². The maximum absolute atomic E-state index is 13.0. The summed E-state index contributed by atoms with van der Waals surface area (Å²) >= 11 is 0. The van der Waals surface area contributed by atoms with Crippen LogP contribution in [0.4, 0.5) is 8.78 Å². The molecule has 1 aliphatic carbocycles. The van der Waals surface area contributed by atoms with Gasteiger partial charge in [0.25, 0.3) is 0 Å². The summed E-state index contributed by atoms with van der Waals surface area (Å²) in [5, 5.41) is 0. The molecule has 1 amide bonds. The second kappa shape index (κ2) is 6.87. The van der Waals surface area contributed by atoms with E-state index in [1.807, 2.05) is 17.2 Å². The second-order valence-electron chi connectivity index (χ2n) is 8.42. The normalized spacial score (nSPS) is 25.8. The summed E-state index contributed by atoms with van der Waals surface area (Å²) < 4.78 is 26.0. The number of pyridine rings is 1. The molecule has 2 aliphatic heterocycles. The van der Waals surface area contributed by atoms with Crippen LogP contribution < -0.4 is 0 Å². The number of carbonyl (C=O) groups is 1. The van der Waals surface area contributed by atoms with Gasteiger partial charge >= 0.3 is 0 Å². The molecule has 1 saturated carbocycles. The Morgan fingerprint density at radius 2 is 1.77 bits per heavy atom. The van der Waals surface area contributed by atoms with E-state index in [9.17, 15) is 13.6 Å². The van der Waals surface area contributed by atoms with Crippen molar-refractivity contribution in [2.75, 3.05) is 26.2 Å². The minimum absolute atomic E-state index is 0.0419. The number of carbonyl (C=O) groups excluding carboxylic acids is 1. The molecule has 26 heavy (non-hydrogen) atoms. The van der Waals surface area contributed by atoms with Gasteiger partial charge in [-0.2, -0.15) is 0 Å². The molecule has 1 aromatic rings. The number of hydrogen-bond acceptors (Lipinski definition) is 3. The topological polar surface area (TPSA) is 36.4 Å². The zero-order chi connectivity index (χ0) is 18.2. The molecule has 4 nitrogen and oxygen atoms in total. The average Bonchev–Trinajstić information content (AvgIpc) is 2.63. The van der Waals surface area contributed by atoms with Crippen LogP contribution in [0.3, 0.4) is 0 Å². The van der Waals surface area contributed by atoms with Gasteiger partial charge in [-0.3, -0.25) is 14.7 Å². The average molecular weight is 363 g/mol. The van der Waals surface area contributed by atoms with E-state index in [1.54, 1.807) is 6.20 Å². The SMILES string of the molecule is O=C(C1CC(F)(F)C1)N1CCC2(CCN(Cc3cccnc3)CC2)CC1. The number of halogens is 2. The lowest BCUT2D eigenvalue weighted by Gasteiger charge is -2.48. The fraction of sp³-hybridized carbons (Fsp3) is 0.700. The predicted octanol–water partition coefficient (Wildman–Crippen LogP) is 3.33. The molecule has 0 N–H and O–H groups in total. The Bertz CT molecular complexity index is 626. The maximum atomic E-state index is 13.0. The first-order valence-corrected chi connectivity index (χ1v) is 9.73. The maximum Gasteiger partial charge on any atom is 0.249 e. The fourth-order valence-corrected chi connectivity index (χ4v) is 4.73. The lowest BCUT2D eigenvalue weighted by Crippen LogP contribution is -2.52. The first-order chi connectivity index (χ1) is 12.4. The number of alkyl halides is 2. The lowest BCUT2D eigenvalue weighted by molar-refractivity contribution is -0.162.